The number of benzene rings is 1. The monoisotopic (exact) mass is 287 g/mol. The van der Waals surface area contributed by atoms with Gasteiger partial charge < -0.3 is 10.1 Å². The summed E-state index contributed by atoms with van der Waals surface area (Å²) >= 11 is 1.53. The quantitative estimate of drug-likeness (QED) is 0.801. The molecule has 102 valence electrons. The van der Waals surface area contributed by atoms with E-state index in [1.54, 1.807) is 12.1 Å². The second-order valence-corrected chi connectivity index (χ2v) is 5.45. The van der Waals surface area contributed by atoms with Gasteiger partial charge >= 0.3 is 0 Å². The molecule has 20 heavy (non-hydrogen) atoms. The highest BCUT2D eigenvalue weighted by molar-refractivity contribution is 7.99. The summed E-state index contributed by atoms with van der Waals surface area (Å²) in [5.74, 6) is -0.230. The molecule has 0 bridgehead atoms. The van der Waals surface area contributed by atoms with Gasteiger partial charge in [-0.15, -0.1) is 0 Å². The Morgan fingerprint density at radius 2 is 1.95 bits per heavy atom. The first-order valence-corrected chi connectivity index (χ1v) is 7.19. The van der Waals surface area contributed by atoms with Gasteiger partial charge in [0, 0.05) is 17.5 Å². The second kappa shape index (κ2) is 5.64. The van der Waals surface area contributed by atoms with Gasteiger partial charge in [0.2, 0.25) is 0 Å². The van der Waals surface area contributed by atoms with Crippen LogP contribution in [-0.2, 0) is 6.42 Å². The van der Waals surface area contributed by atoms with Crippen molar-refractivity contribution in [3.8, 4) is 0 Å². The highest BCUT2D eigenvalue weighted by Gasteiger charge is 2.12. The summed E-state index contributed by atoms with van der Waals surface area (Å²) in [5.41, 5.74) is 7.69. The zero-order chi connectivity index (χ0) is 13.9. The minimum Gasteiger partial charge on any atom is -0.330 e. The van der Waals surface area contributed by atoms with Crippen LogP contribution in [0.1, 0.15) is 5.69 Å². The average molecular weight is 287 g/mol. The van der Waals surface area contributed by atoms with Crippen LogP contribution in [0.5, 0.6) is 0 Å². The van der Waals surface area contributed by atoms with Gasteiger partial charge in [0.25, 0.3) is 0 Å². The Morgan fingerprint density at radius 3 is 2.70 bits per heavy atom. The Balaban J connectivity index is 2.01. The van der Waals surface area contributed by atoms with Crippen LogP contribution >= 0.6 is 11.8 Å². The molecule has 0 saturated heterocycles. The summed E-state index contributed by atoms with van der Waals surface area (Å²) < 4.78 is 15.0. The number of rotatable bonds is 4. The van der Waals surface area contributed by atoms with Crippen molar-refractivity contribution < 1.29 is 4.39 Å². The van der Waals surface area contributed by atoms with E-state index in [2.05, 4.69) is 9.38 Å². The lowest BCUT2D eigenvalue weighted by molar-refractivity contribution is 0.626. The fourth-order valence-electron chi connectivity index (χ4n) is 2.09. The number of fused-ring (bicyclic) bond motifs is 1. The highest BCUT2D eigenvalue weighted by Crippen LogP contribution is 2.30. The topological polar surface area (TPSA) is 43.3 Å². The molecule has 2 heterocycles. The number of halogens is 1. The lowest BCUT2D eigenvalue weighted by Crippen LogP contribution is -2.05. The van der Waals surface area contributed by atoms with E-state index in [-0.39, 0.29) is 5.82 Å². The van der Waals surface area contributed by atoms with E-state index in [4.69, 9.17) is 5.73 Å². The number of nitrogens with two attached hydrogens (primary N) is 1. The summed E-state index contributed by atoms with van der Waals surface area (Å²) in [6.07, 6.45) is 2.75. The molecule has 0 saturated carbocycles. The summed E-state index contributed by atoms with van der Waals surface area (Å²) in [6, 6.07) is 12.3. The number of hydrogen-bond acceptors (Lipinski definition) is 3. The van der Waals surface area contributed by atoms with Crippen LogP contribution in [0, 0.1) is 5.82 Å². The Hall–Kier alpha value is -1.85. The summed E-state index contributed by atoms with van der Waals surface area (Å²) in [7, 11) is 0. The fraction of sp³-hybridized carbons (Fsp3) is 0.133. The third kappa shape index (κ3) is 2.55. The maximum Gasteiger partial charge on any atom is 0.138 e. The van der Waals surface area contributed by atoms with E-state index in [9.17, 15) is 4.39 Å². The first-order chi connectivity index (χ1) is 9.78. The van der Waals surface area contributed by atoms with Gasteiger partial charge in [0.1, 0.15) is 16.5 Å². The van der Waals surface area contributed by atoms with Gasteiger partial charge in [-0.1, -0.05) is 17.8 Å². The molecule has 0 spiro atoms. The normalized spacial score (nSPS) is 11.1. The number of nitrogens with zero attached hydrogens (tertiary/aromatic N) is 2. The highest BCUT2D eigenvalue weighted by atomic mass is 32.2. The average Bonchev–Trinajstić information content (AvgIpc) is 2.80. The van der Waals surface area contributed by atoms with E-state index in [1.165, 1.54) is 23.9 Å². The Morgan fingerprint density at radius 1 is 1.15 bits per heavy atom. The summed E-state index contributed by atoms with van der Waals surface area (Å²) in [5, 5.41) is 0.924. The predicted octanol–water partition coefficient (Wildman–Crippen LogP) is 3.13. The van der Waals surface area contributed by atoms with Gasteiger partial charge in [-0.25, -0.2) is 9.37 Å². The zero-order valence-electron chi connectivity index (χ0n) is 10.8. The van der Waals surface area contributed by atoms with E-state index in [0.717, 1.165) is 27.7 Å². The molecule has 0 atom stereocenters. The molecule has 3 rings (SSSR count). The molecule has 5 heteroatoms. The molecule has 0 aliphatic heterocycles. The first kappa shape index (κ1) is 13.1. The van der Waals surface area contributed by atoms with Gasteiger partial charge in [0.05, 0.1) is 5.69 Å². The number of hydrogen-bond donors (Lipinski definition) is 1. The molecule has 2 N–H and O–H groups in total. The molecule has 3 nitrogen and oxygen atoms in total. The molecule has 0 unspecified atom stereocenters. The van der Waals surface area contributed by atoms with E-state index >= 15 is 0 Å². The number of imidazole rings is 1. The Kier molecular flexibility index (Phi) is 3.71. The molecule has 0 amide bonds. The van der Waals surface area contributed by atoms with Crippen molar-refractivity contribution in [1.82, 2.24) is 9.38 Å². The molecule has 3 aromatic rings. The third-order valence-corrected chi connectivity index (χ3v) is 4.03. The van der Waals surface area contributed by atoms with Crippen LogP contribution in [0.4, 0.5) is 4.39 Å². The van der Waals surface area contributed by atoms with Crippen molar-refractivity contribution in [1.29, 1.82) is 0 Å². The van der Waals surface area contributed by atoms with Crippen molar-refractivity contribution in [3.05, 3.63) is 60.2 Å². The maximum absolute atomic E-state index is 12.9. The molecular weight excluding hydrogens is 273 g/mol. The van der Waals surface area contributed by atoms with Crippen LogP contribution in [0.2, 0.25) is 0 Å². The molecule has 1 aromatic carbocycles. The van der Waals surface area contributed by atoms with Crippen molar-refractivity contribution in [3.63, 3.8) is 0 Å². The third-order valence-electron chi connectivity index (χ3n) is 3.00. The molecule has 0 radical (unpaired) electrons. The van der Waals surface area contributed by atoms with Gasteiger partial charge in [-0.3, -0.25) is 0 Å². The Bertz CT molecular complexity index is 722. The predicted molar refractivity (Wildman–Crippen MR) is 78.5 cm³/mol. The standard InChI is InChI=1S/C15H14FN3S/c16-11-4-6-12(7-5-11)20-15-13(8-9-17)19-10-2-1-3-14(19)18-15/h1-7,10H,8-9,17H2. The number of aromatic nitrogens is 2. The van der Waals surface area contributed by atoms with Crippen molar-refractivity contribution in [2.45, 2.75) is 16.3 Å². The molecule has 0 fully saturated rings. The van der Waals surface area contributed by atoms with Gasteiger partial charge in [-0.2, -0.15) is 0 Å². The SMILES string of the molecule is NCCc1c(Sc2ccc(F)cc2)nc2ccccn12. The van der Waals surface area contributed by atoms with Crippen molar-refractivity contribution in [2.24, 2.45) is 5.73 Å². The smallest absolute Gasteiger partial charge is 0.138 e. The minimum atomic E-state index is -0.230. The lowest BCUT2D eigenvalue weighted by atomic mass is 10.3. The van der Waals surface area contributed by atoms with Crippen molar-refractivity contribution in [2.75, 3.05) is 6.54 Å². The molecule has 0 aliphatic carbocycles. The summed E-state index contributed by atoms with van der Waals surface area (Å²) in [6.45, 7) is 0.569. The van der Waals surface area contributed by atoms with E-state index < -0.39 is 0 Å². The van der Waals surface area contributed by atoms with Crippen LogP contribution in [0.3, 0.4) is 0 Å². The van der Waals surface area contributed by atoms with Gasteiger partial charge in [0.15, 0.2) is 0 Å². The summed E-state index contributed by atoms with van der Waals surface area (Å²) in [4.78, 5) is 5.59. The minimum absolute atomic E-state index is 0.230. The van der Waals surface area contributed by atoms with Crippen molar-refractivity contribution >= 4 is 17.4 Å². The Labute approximate surface area is 120 Å². The molecular formula is C15H14FN3S. The fourth-order valence-corrected chi connectivity index (χ4v) is 3.04. The first-order valence-electron chi connectivity index (χ1n) is 6.37. The maximum atomic E-state index is 12.9. The van der Waals surface area contributed by atoms with Crippen LogP contribution < -0.4 is 5.73 Å². The van der Waals surface area contributed by atoms with Crippen LogP contribution in [0.25, 0.3) is 5.65 Å². The van der Waals surface area contributed by atoms with Crippen LogP contribution in [0.15, 0.2) is 58.6 Å². The second-order valence-electron chi connectivity index (χ2n) is 4.39. The van der Waals surface area contributed by atoms with Crippen LogP contribution in [-0.4, -0.2) is 15.9 Å². The number of pyridine rings is 1. The largest absolute Gasteiger partial charge is 0.330 e. The molecule has 0 aliphatic rings. The lowest BCUT2D eigenvalue weighted by Gasteiger charge is -2.03. The van der Waals surface area contributed by atoms with E-state index in [0.29, 0.717) is 6.54 Å². The van der Waals surface area contributed by atoms with Gasteiger partial charge in [-0.05, 0) is 42.9 Å². The van der Waals surface area contributed by atoms with E-state index in [1.807, 2.05) is 24.4 Å². The zero-order valence-corrected chi connectivity index (χ0v) is 11.6. The molecule has 2 aromatic heterocycles.